The van der Waals surface area contributed by atoms with Crippen LogP contribution in [0.2, 0.25) is 5.02 Å². The normalized spacial score (nSPS) is 19.3. The highest BCUT2D eigenvalue weighted by Crippen LogP contribution is 2.28. The van der Waals surface area contributed by atoms with Crippen molar-refractivity contribution in [1.29, 1.82) is 0 Å². The van der Waals surface area contributed by atoms with Gasteiger partial charge < -0.3 is 9.88 Å². The van der Waals surface area contributed by atoms with Crippen molar-refractivity contribution in [3.05, 3.63) is 47.3 Å². The molecule has 1 unspecified atom stereocenters. The first-order valence-electron chi connectivity index (χ1n) is 5.94. The van der Waals surface area contributed by atoms with Gasteiger partial charge in [0.2, 0.25) is 0 Å². The van der Waals surface area contributed by atoms with Crippen molar-refractivity contribution < 1.29 is 4.39 Å². The van der Waals surface area contributed by atoms with E-state index < -0.39 is 0 Å². The Kier molecular flexibility index (Phi) is 3.06. The van der Waals surface area contributed by atoms with Crippen molar-refractivity contribution in [2.45, 2.75) is 12.3 Å². The standard InChI is InChI=1S/C13H13ClFN3/c14-11-2-1-10(15)5-12(11)18-8-17-7-13(18)9-3-4-16-6-9/h1-2,5,7-9,16H,3-4,6H2. The third kappa shape index (κ3) is 2.02. The van der Waals surface area contributed by atoms with E-state index in [4.69, 9.17) is 11.6 Å². The molecule has 0 bridgehead atoms. The molecular formula is C13H13ClFN3. The fourth-order valence-electron chi connectivity index (χ4n) is 2.39. The Labute approximate surface area is 110 Å². The molecule has 0 spiro atoms. The molecule has 2 heterocycles. The van der Waals surface area contributed by atoms with E-state index in [0.29, 0.717) is 16.6 Å². The smallest absolute Gasteiger partial charge is 0.125 e. The van der Waals surface area contributed by atoms with Crippen LogP contribution in [0.15, 0.2) is 30.7 Å². The first kappa shape index (κ1) is 11.7. The van der Waals surface area contributed by atoms with Crippen LogP contribution in [0, 0.1) is 5.82 Å². The summed E-state index contributed by atoms with van der Waals surface area (Å²) < 4.78 is 15.2. The van der Waals surface area contributed by atoms with Crippen LogP contribution in [0.25, 0.3) is 5.69 Å². The van der Waals surface area contributed by atoms with Gasteiger partial charge >= 0.3 is 0 Å². The lowest BCUT2D eigenvalue weighted by Gasteiger charge is -2.14. The Bertz CT molecular complexity index is 561. The fourth-order valence-corrected chi connectivity index (χ4v) is 2.59. The van der Waals surface area contributed by atoms with Gasteiger partial charge in [-0.25, -0.2) is 9.37 Å². The van der Waals surface area contributed by atoms with Gasteiger partial charge in [-0.1, -0.05) is 11.6 Å². The minimum absolute atomic E-state index is 0.293. The lowest BCUT2D eigenvalue weighted by molar-refractivity contribution is 0.625. The van der Waals surface area contributed by atoms with Gasteiger partial charge in [0.25, 0.3) is 0 Å². The number of hydrogen-bond donors (Lipinski definition) is 1. The van der Waals surface area contributed by atoms with Crippen LogP contribution in [-0.2, 0) is 0 Å². The van der Waals surface area contributed by atoms with Crippen molar-refractivity contribution in [3.8, 4) is 5.69 Å². The van der Waals surface area contributed by atoms with Gasteiger partial charge in [0.15, 0.2) is 0 Å². The first-order chi connectivity index (χ1) is 8.75. The van der Waals surface area contributed by atoms with Gasteiger partial charge in [-0.15, -0.1) is 0 Å². The second-order valence-electron chi connectivity index (χ2n) is 4.47. The molecule has 1 saturated heterocycles. The average molecular weight is 266 g/mol. The molecule has 0 amide bonds. The lowest BCUT2D eigenvalue weighted by atomic mass is 10.1. The number of imidazole rings is 1. The highest BCUT2D eigenvalue weighted by atomic mass is 35.5. The molecule has 1 N–H and O–H groups in total. The van der Waals surface area contributed by atoms with E-state index in [0.717, 1.165) is 25.2 Å². The Balaban J connectivity index is 2.06. The topological polar surface area (TPSA) is 29.9 Å². The fraction of sp³-hybridized carbons (Fsp3) is 0.308. The third-order valence-electron chi connectivity index (χ3n) is 3.31. The third-order valence-corrected chi connectivity index (χ3v) is 3.63. The molecule has 1 fully saturated rings. The summed E-state index contributed by atoms with van der Waals surface area (Å²) in [5, 5.41) is 3.85. The van der Waals surface area contributed by atoms with E-state index in [2.05, 4.69) is 10.3 Å². The summed E-state index contributed by atoms with van der Waals surface area (Å²) in [6.45, 7) is 1.94. The van der Waals surface area contributed by atoms with Crippen LogP contribution in [0.5, 0.6) is 0 Å². The quantitative estimate of drug-likeness (QED) is 0.905. The van der Waals surface area contributed by atoms with Crippen molar-refractivity contribution >= 4 is 11.6 Å². The zero-order chi connectivity index (χ0) is 12.5. The van der Waals surface area contributed by atoms with Gasteiger partial charge in [0, 0.05) is 24.4 Å². The molecule has 18 heavy (non-hydrogen) atoms. The molecule has 0 saturated carbocycles. The molecule has 1 aliphatic heterocycles. The van der Waals surface area contributed by atoms with Gasteiger partial charge in [-0.2, -0.15) is 0 Å². The number of hydrogen-bond acceptors (Lipinski definition) is 2. The highest BCUT2D eigenvalue weighted by molar-refractivity contribution is 6.32. The number of aromatic nitrogens is 2. The SMILES string of the molecule is Fc1ccc(Cl)c(-n2cncc2C2CCNC2)c1. The summed E-state index contributed by atoms with van der Waals surface area (Å²) in [4.78, 5) is 4.17. The van der Waals surface area contributed by atoms with Gasteiger partial charge in [-0.05, 0) is 31.2 Å². The minimum atomic E-state index is -0.293. The monoisotopic (exact) mass is 265 g/mol. The van der Waals surface area contributed by atoms with Crippen LogP contribution >= 0.6 is 11.6 Å². The first-order valence-corrected chi connectivity index (χ1v) is 6.32. The summed E-state index contributed by atoms with van der Waals surface area (Å²) in [6, 6.07) is 4.37. The maximum absolute atomic E-state index is 13.3. The lowest BCUT2D eigenvalue weighted by Crippen LogP contribution is -2.11. The summed E-state index contributed by atoms with van der Waals surface area (Å²) in [6.07, 6.45) is 4.59. The van der Waals surface area contributed by atoms with E-state index in [9.17, 15) is 4.39 Å². The van der Waals surface area contributed by atoms with Crippen molar-refractivity contribution in [3.63, 3.8) is 0 Å². The average Bonchev–Trinajstić information content (AvgIpc) is 3.00. The maximum Gasteiger partial charge on any atom is 0.125 e. The van der Waals surface area contributed by atoms with Crippen LogP contribution in [0.4, 0.5) is 4.39 Å². The molecule has 1 aromatic carbocycles. The maximum atomic E-state index is 13.3. The molecule has 1 aromatic heterocycles. The predicted octanol–water partition coefficient (Wildman–Crippen LogP) is 2.74. The highest BCUT2D eigenvalue weighted by Gasteiger charge is 2.21. The predicted molar refractivity (Wildman–Crippen MR) is 68.8 cm³/mol. The van der Waals surface area contributed by atoms with E-state index >= 15 is 0 Å². The Morgan fingerprint density at radius 1 is 1.44 bits per heavy atom. The second-order valence-corrected chi connectivity index (χ2v) is 4.88. The van der Waals surface area contributed by atoms with Crippen molar-refractivity contribution in [2.75, 3.05) is 13.1 Å². The molecule has 1 atom stereocenters. The Morgan fingerprint density at radius 3 is 3.11 bits per heavy atom. The van der Waals surface area contributed by atoms with E-state index in [1.54, 1.807) is 12.4 Å². The van der Waals surface area contributed by atoms with Gasteiger partial charge in [0.05, 0.1) is 17.0 Å². The van der Waals surface area contributed by atoms with Crippen molar-refractivity contribution in [1.82, 2.24) is 14.9 Å². The van der Waals surface area contributed by atoms with Gasteiger partial charge in [0.1, 0.15) is 5.82 Å². The molecule has 0 aliphatic carbocycles. The Hall–Kier alpha value is -1.39. The molecule has 2 aromatic rings. The van der Waals surface area contributed by atoms with Crippen LogP contribution in [0.1, 0.15) is 18.0 Å². The molecule has 5 heteroatoms. The second kappa shape index (κ2) is 4.71. The van der Waals surface area contributed by atoms with E-state index in [1.807, 2.05) is 10.8 Å². The van der Waals surface area contributed by atoms with Crippen LogP contribution in [0.3, 0.4) is 0 Å². The summed E-state index contributed by atoms with van der Waals surface area (Å²) >= 11 is 6.14. The number of nitrogens with zero attached hydrogens (tertiary/aromatic N) is 2. The number of benzene rings is 1. The van der Waals surface area contributed by atoms with Crippen LogP contribution in [-0.4, -0.2) is 22.6 Å². The van der Waals surface area contributed by atoms with E-state index in [1.165, 1.54) is 12.1 Å². The van der Waals surface area contributed by atoms with E-state index in [-0.39, 0.29) is 5.82 Å². The molecule has 1 aliphatic rings. The Morgan fingerprint density at radius 2 is 2.33 bits per heavy atom. The molecule has 94 valence electrons. The molecule has 0 radical (unpaired) electrons. The van der Waals surface area contributed by atoms with Gasteiger partial charge in [-0.3, -0.25) is 0 Å². The number of halogens is 2. The van der Waals surface area contributed by atoms with Crippen molar-refractivity contribution in [2.24, 2.45) is 0 Å². The minimum Gasteiger partial charge on any atom is -0.316 e. The molecular weight excluding hydrogens is 253 g/mol. The zero-order valence-corrected chi connectivity index (χ0v) is 10.5. The summed E-state index contributed by atoms with van der Waals surface area (Å²) in [5.74, 6) is 0.116. The number of rotatable bonds is 2. The molecule has 3 rings (SSSR count). The number of nitrogens with one attached hydrogen (secondary N) is 1. The summed E-state index contributed by atoms with van der Waals surface area (Å²) in [7, 11) is 0. The zero-order valence-electron chi connectivity index (χ0n) is 9.74. The van der Waals surface area contributed by atoms with Crippen LogP contribution < -0.4 is 5.32 Å². The largest absolute Gasteiger partial charge is 0.316 e. The summed E-state index contributed by atoms with van der Waals surface area (Å²) in [5.41, 5.74) is 1.73. The molecule has 3 nitrogen and oxygen atoms in total.